The lowest BCUT2D eigenvalue weighted by Crippen LogP contribution is -2.10. The van der Waals surface area contributed by atoms with Gasteiger partial charge in [0.05, 0.1) is 10.5 Å². The van der Waals surface area contributed by atoms with E-state index >= 15 is 0 Å². The lowest BCUT2D eigenvalue weighted by molar-refractivity contribution is -0.387. The van der Waals surface area contributed by atoms with Crippen LogP contribution in [0.1, 0.15) is 0 Å². The van der Waals surface area contributed by atoms with E-state index in [0.717, 1.165) is 0 Å². The third-order valence-electron chi connectivity index (χ3n) is 2.88. The van der Waals surface area contributed by atoms with Gasteiger partial charge in [-0.1, -0.05) is 0 Å². The molecule has 0 radical (unpaired) electrons. The molecule has 0 saturated heterocycles. The fourth-order valence-corrected chi connectivity index (χ4v) is 1.84. The van der Waals surface area contributed by atoms with Gasteiger partial charge < -0.3 is 0 Å². The van der Waals surface area contributed by atoms with Crippen LogP contribution in [0.5, 0.6) is 0 Å². The average Bonchev–Trinajstić information content (AvgIpc) is 2.53. The van der Waals surface area contributed by atoms with Crippen LogP contribution in [-0.4, -0.2) is 4.92 Å². The fourth-order valence-electron chi connectivity index (χ4n) is 1.84. The molecule has 24 heavy (non-hydrogen) atoms. The molecule has 2 aromatic rings. The molecule has 128 valence electrons. The molecule has 0 saturated carbocycles. The van der Waals surface area contributed by atoms with Gasteiger partial charge in [-0.15, -0.1) is 0 Å². The molecule has 0 aliphatic rings. The summed E-state index contributed by atoms with van der Waals surface area (Å²) >= 11 is 0. The zero-order valence-corrected chi connectivity index (χ0v) is 10.7. The van der Waals surface area contributed by atoms with Crippen molar-refractivity contribution in [2.75, 3.05) is 0 Å². The van der Waals surface area contributed by atoms with Crippen molar-refractivity contribution in [1.29, 1.82) is 0 Å². The highest BCUT2D eigenvalue weighted by atomic mass is 19.2. The van der Waals surface area contributed by atoms with Gasteiger partial charge >= 0.3 is 5.69 Å². The predicted octanol–water partition coefficient (Wildman–Crippen LogP) is 4.51. The molecule has 3 nitrogen and oxygen atoms in total. The van der Waals surface area contributed by atoms with Crippen molar-refractivity contribution in [3.8, 4) is 11.1 Å². The summed E-state index contributed by atoms with van der Waals surface area (Å²) in [5.74, 6) is -24.4. The molecule has 0 atom stereocenters. The molecule has 0 aliphatic heterocycles. The summed E-state index contributed by atoms with van der Waals surface area (Å²) in [7, 11) is 0. The first-order valence-electron chi connectivity index (χ1n) is 5.54. The van der Waals surface area contributed by atoms with Gasteiger partial charge in [-0.25, -0.2) is 35.1 Å². The molecule has 0 unspecified atom stereocenters. The molecule has 0 spiro atoms. The normalized spacial score (nSPS) is 11.0. The van der Waals surface area contributed by atoms with Crippen LogP contribution in [0.4, 0.5) is 45.2 Å². The van der Waals surface area contributed by atoms with Gasteiger partial charge in [-0.2, -0.15) is 4.39 Å². The SMILES string of the molecule is O=[N+]([O-])c1c(F)c(F)c(F)c(F)c1-c1c(F)c(F)c(F)c(F)c1F. The van der Waals surface area contributed by atoms with Crippen LogP contribution in [0.15, 0.2) is 0 Å². The molecule has 0 aliphatic carbocycles. The second-order valence-electron chi connectivity index (χ2n) is 4.18. The minimum atomic E-state index is -2.74. The van der Waals surface area contributed by atoms with Gasteiger partial charge in [0.25, 0.3) is 0 Å². The number of benzene rings is 2. The van der Waals surface area contributed by atoms with Gasteiger partial charge in [0.1, 0.15) is 5.56 Å². The summed E-state index contributed by atoms with van der Waals surface area (Å²) in [5, 5.41) is 10.7. The number of halogens is 9. The highest BCUT2D eigenvalue weighted by Crippen LogP contribution is 2.41. The summed E-state index contributed by atoms with van der Waals surface area (Å²) in [6.45, 7) is 0. The number of nitrogens with zero attached hydrogens (tertiary/aromatic N) is 1. The van der Waals surface area contributed by atoms with E-state index in [9.17, 15) is 49.6 Å². The molecule has 2 aromatic carbocycles. The lowest BCUT2D eigenvalue weighted by atomic mass is 10.00. The number of nitro benzene ring substituents is 1. The van der Waals surface area contributed by atoms with Gasteiger partial charge in [0.2, 0.25) is 17.5 Å². The standard InChI is InChI=1S/C12F9NO2/c13-3-1(4(14)7(17)9(19)6(3)16)2-5(15)8(18)10(20)11(21)12(2)22(23)24. The smallest absolute Gasteiger partial charge is 0.258 e. The Bertz CT molecular complexity index is 868. The zero-order chi connectivity index (χ0) is 18.5. The molecule has 0 fully saturated rings. The van der Waals surface area contributed by atoms with Crippen molar-refractivity contribution in [3.05, 3.63) is 62.5 Å². The van der Waals surface area contributed by atoms with Crippen molar-refractivity contribution in [1.82, 2.24) is 0 Å². The van der Waals surface area contributed by atoms with Gasteiger partial charge in [0.15, 0.2) is 34.9 Å². The Hall–Kier alpha value is -2.79. The van der Waals surface area contributed by atoms with Crippen LogP contribution < -0.4 is 0 Å². The van der Waals surface area contributed by atoms with Crippen LogP contribution in [0.25, 0.3) is 11.1 Å². The Morgan fingerprint density at radius 3 is 1.17 bits per heavy atom. The number of rotatable bonds is 2. The highest BCUT2D eigenvalue weighted by Gasteiger charge is 2.38. The minimum Gasteiger partial charge on any atom is -0.258 e. The van der Waals surface area contributed by atoms with E-state index in [4.69, 9.17) is 0 Å². The maximum absolute atomic E-state index is 13.7. The molecule has 0 heterocycles. The Kier molecular flexibility index (Phi) is 4.16. The first kappa shape index (κ1) is 17.6. The first-order valence-corrected chi connectivity index (χ1v) is 5.54. The summed E-state index contributed by atoms with van der Waals surface area (Å²) in [6, 6.07) is 0. The second kappa shape index (κ2) is 5.69. The van der Waals surface area contributed by atoms with Crippen molar-refractivity contribution in [2.24, 2.45) is 0 Å². The quantitative estimate of drug-likeness (QED) is 0.260. The molecule has 0 amide bonds. The summed E-state index contributed by atoms with van der Waals surface area (Å²) in [5.41, 5.74) is -6.91. The van der Waals surface area contributed by atoms with Crippen molar-refractivity contribution in [3.63, 3.8) is 0 Å². The average molecular weight is 361 g/mol. The highest BCUT2D eigenvalue weighted by molar-refractivity contribution is 5.76. The predicted molar refractivity (Wildman–Crippen MR) is 58.2 cm³/mol. The molecule has 12 heteroatoms. The van der Waals surface area contributed by atoms with E-state index in [1.807, 2.05) is 0 Å². The third kappa shape index (κ3) is 2.25. The minimum absolute atomic E-state index is 1.91. The third-order valence-corrected chi connectivity index (χ3v) is 2.88. The van der Waals surface area contributed by atoms with E-state index < -0.39 is 74.1 Å². The van der Waals surface area contributed by atoms with Crippen LogP contribution >= 0.6 is 0 Å². The van der Waals surface area contributed by atoms with Gasteiger partial charge in [-0.05, 0) is 0 Å². The number of nitro groups is 1. The second-order valence-corrected chi connectivity index (χ2v) is 4.18. The van der Waals surface area contributed by atoms with E-state index in [0.29, 0.717) is 0 Å². The van der Waals surface area contributed by atoms with Crippen molar-refractivity contribution in [2.45, 2.75) is 0 Å². The van der Waals surface area contributed by atoms with E-state index in [-0.39, 0.29) is 0 Å². The van der Waals surface area contributed by atoms with E-state index in [1.54, 1.807) is 0 Å². The summed E-state index contributed by atoms with van der Waals surface area (Å²) in [6.07, 6.45) is 0. The number of hydrogen-bond donors (Lipinski definition) is 0. The Labute approximate surface area is 125 Å². The largest absolute Gasteiger partial charge is 0.319 e. The Morgan fingerprint density at radius 2 is 0.792 bits per heavy atom. The van der Waals surface area contributed by atoms with E-state index in [2.05, 4.69) is 0 Å². The van der Waals surface area contributed by atoms with E-state index in [1.165, 1.54) is 0 Å². The molecule has 2 rings (SSSR count). The van der Waals surface area contributed by atoms with Crippen LogP contribution in [0.3, 0.4) is 0 Å². The van der Waals surface area contributed by atoms with Crippen LogP contribution in [0, 0.1) is 62.5 Å². The van der Waals surface area contributed by atoms with Gasteiger partial charge in [-0.3, -0.25) is 10.1 Å². The fraction of sp³-hybridized carbons (Fsp3) is 0. The van der Waals surface area contributed by atoms with Crippen molar-refractivity contribution >= 4 is 5.69 Å². The zero-order valence-electron chi connectivity index (χ0n) is 10.7. The van der Waals surface area contributed by atoms with Crippen LogP contribution in [0.2, 0.25) is 0 Å². The maximum Gasteiger partial charge on any atom is 0.319 e. The molecule has 0 bridgehead atoms. The summed E-state index contributed by atoms with van der Waals surface area (Å²) in [4.78, 5) is 8.79. The monoisotopic (exact) mass is 361 g/mol. The van der Waals surface area contributed by atoms with Gasteiger partial charge in [0, 0.05) is 0 Å². The molecule has 0 N–H and O–H groups in total. The molecular formula is C12F9NO2. The maximum atomic E-state index is 13.7. The molecule has 0 aromatic heterocycles. The Morgan fingerprint density at radius 1 is 0.500 bits per heavy atom. The lowest BCUT2D eigenvalue weighted by Gasteiger charge is -2.11. The van der Waals surface area contributed by atoms with Crippen LogP contribution in [-0.2, 0) is 0 Å². The topological polar surface area (TPSA) is 43.1 Å². The number of hydrogen-bond acceptors (Lipinski definition) is 2. The molecular weight excluding hydrogens is 361 g/mol. The summed E-state index contributed by atoms with van der Waals surface area (Å²) < 4.78 is 120. The van der Waals surface area contributed by atoms with Crippen molar-refractivity contribution < 1.29 is 44.4 Å². The first-order chi connectivity index (χ1) is 11.0. The Balaban J connectivity index is 3.13.